The molecule has 0 bridgehead atoms. The first kappa shape index (κ1) is 12.2. The summed E-state index contributed by atoms with van der Waals surface area (Å²) in [4.78, 5) is 0. The minimum Gasteiger partial charge on any atom is -0.308 e. The average Bonchev–Trinajstić information content (AvgIpc) is 2.64. The van der Waals surface area contributed by atoms with Crippen LogP contribution in [-0.2, 0) is 7.05 Å². The van der Waals surface area contributed by atoms with Gasteiger partial charge in [0, 0.05) is 31.6 Å². The summed E-state index contributed by atoms with van der Waals surface area (Å²) in [5.41, 5.74) is 1.21. The molecule has 1 heterocycles. The Kier molecular flexibility index (Phi) is 5.30. The Morgan fingerprint density at radius 2 is 2.53 bits per heavy atom. The quantitative estimate of drug-likeness (QED) is 0.584. The fraction of sp³-hybridized carbons (Fsp3) is 0.545. The third kappa shape index (κ3) is 3.98. The third-order valence-electron chi connectivity index (χ3n) is 2.18. The molecule has 0 aliphatic carbocycles. The van der Waals surface area contributed by atoms with E-state index in [0.29, 0.717) is 6.04 Å². The van der Waals surface area contributed by atoms with Crippen LogP contribution in [0.25, 0.3) is 0 Å². The molecule has 3 nitrogen and oxygen atoms in total. The summed E-state index contributed by atoms with van der Waals surface area (Å²) in [7, 11) is 1.96. The standard InChI is InChI=1S/C11H17N3S/c1-4-8-15-9-7-12-10(2)11-5-6-13-14(11)3/h1,5-6,10,12H,7-9H2,2-3H3. The molecule has 1 unspecified atom stereocenters. The maximum atomic E-state index is 5.16. The second-order valence-electron chi connectivity index (χ2n) is 3.31. The highest BCUT2D eigenvalue weighted by Gasteiger charge is 2.07. The molecule has 4 heteroatoms. The van der Waals surface area contributed by atoms with Crippen LogP contribution in [0.15, 0.2) is 12.3 Å². The molecule has 0 aromatic carbocycles. The van der Waals surface area contributed by atoms with Crippen LogP contribution >= 0.6 is 11.8 Å². The van der Waals surface area contributed by atoms with E-state index in [4.69, 9.17) is 6.42 Å². The lowest BCUT2D eigenvalue weighted by Gasteiger charge is -2.13. The van der Waals surface area contributed by atoms with Gasteiger partial charge in [-0.25, -0.2) is 0 Å². The Labute approximate surface area is 95.6 Å². The number of nitrogens with one attached hydrogen (secondary N) is 1. The zero-order chi connectivity index (χ0) is 11.1. The van der Waals surface area contributed by atoms with Gasteiger partial charge in [0.15, 0.2) is 0 Å². The molecule has 0 saturated heterocycles. The van der Waals surface area contributed by atoms with E-state index in [2.05, 4.69) is 23.3 Å². The number of aryl methyl sites for hydroxylation is 1. The van der Waals surface area contributed by atoms with E-state index in [1.54, 1.807) is 11.8 Å². The third-order valence-corrected chi connectivity index (χ3v) is 3.05. The van der Waals surface area contributed by atoms with Crippen LogP contribution in [0.2, 0.25) is 0 Å². The second-order valence-corrected chi connectivity index (χ2v) is 4.42. The van der Waals surface area contributed by atoms with E-state index in [9.17, 15) is 0 Å². The SMILES string of the molecule is C#CCSCCNC(C)c1ccnn1C. The first-order valence-electron chi connectivity index (χ1n) is 4.98. The molecule has 0 radical (unpaired) electrons. The lowest BCUT2D eigenvalue weighted by molar-refractivity contribution is 0.548. The number of aromatic nitrogens is 2. The molecule has 1 rings (SSSR count). The van der Waals surface area contributed by atoms with Crippen molar-refractivity contribution in [2.24, 2.45) is 7.05 Å². The van der Waals surface area contributed by atoms with Gasteiger partial charge in [-0.2, -0.15) is 5.10 Å². The smallest absolute Gasteiger partial charge is 0.0547 e. The van der Waals surface area contributed by atoms with Crippen molar-refractivity contribution in [2.75, 3.05) is 18.1 Å². The number of hydrogen-bond acceptors (Lipinski definition) is 3. The van der Waals surface area contributed by atoms with Crippen molar-refractivity contribution in [3.8, 4) is 12.3 Å². The van der Waals surface area contributed by atoms with Crippen molar-refractivity contribution in [1.82, 2.24) is 15.1 Å². The highest BCUT2D eigenvalue weighted by atomic mass is 32.2. The molecule has 1 aromatic heterocycles. The molecular weight excluding hydrogens is 206 g/mol. The van der Waals surface area contributed by atoms with Crippen LogP contribution < -0.4 is 5.32 Å². The number of rotatable bonds is 6. The van der Waals surface area contributed by atoms with Gasteiger partial charge in [-0.3, -0.25) is 4.68 Å². The van der Waals surface area contributed by atoms with Gasteiger partial charge in [-0.05, 0) is 13.0 Å². The van der Waals surface area contributed by atoms with Crippen LogP contribution in [-0.4, -0.2) is 27.8 Å². The highest BCUT2D eigenvalue weighted by Crippen LogP contribution is 2.09. The van der Waals surface area contributed by atoms with Gasteiger partial charge in [-0.15, -0.1) is 18.2 Å². The highest BCUT2D eigenvalue weighted by molar-refractivity contribution is 7.99. The first-order chi connectivity index (χ1) is 7.25. The predicted octanol–water partition coefficient (Wildman–Crippen LogP) is 1.44. The molecule has 82 valence electrons. The first-order valence-corrected chi connectivity index (χ1v) is 6.13. The maximum absolute atomic E-state index is 5.16. The van der Waals surface area contributed by atoms with Crippen molar-refractivity contribution in [3.63, 3.8) is 0 Å². The zero-order valence-corrected chi connectivity index (χ0v) is 10.0. The molecule has 1 atom stereocenters. The summed E-state index contributed by atoms with van der Waals surface area (Å²) in [5.74, 6) is 4.45. The van der Waals surface area contributed by atoms with Gasteiger partial charge in [0.25, 0.3) is 0 Å². The van der Waals surface area contributed by atoms with Crippen LogP contribution in [0.1, 0.15) is 18.7 Å². The summed E-state index contributed by atoms with van der Waals surface area (Å²) in [6.07, 6.45) is 6.98. The Hall–Kier alpha value is -0.920. The van der Waals surface area contributed by atoms with E-state index in [1.165, 1.54) is 5.69 Å². The molecule has 0 spiro atoms. The van der Waals surface area contributed by atoms with Gasteiger partial charge in [0.2, 0.25) is 0 Å². The second kappa shape index (κ2) is 6.54. The van der Waals surface area contributed by atoms with E-state index in [1.807, 2.05) is 24.0 Å². The molecular formula is C11H17N3S. The van der Waals surface area contributed by atoms with E-state index in [0.717, 1.165) is 18.1 Å². The van der Waals surface area contributed by atoms with Crippen molar-refractivity contribution < 1.29 is 0 Å². The fourth-order valence-electron chi connectivity index (χ4n) is 1.39. The van der Waals surface area contributed by atoms with Crippen molar-refractivity contribution in [1.29, 1.82) is 0 Å². The number of thioether (sulfide) groups is 1. The Bertz CT molecular complexity index is 327. The molecule has 15 heavy (non-hydrogen) atoms. The zero-order valence-electron chi connectivity index (χ0n) is 9.23. The largest absolute Gasteiger partial charge is 0.308 e. The van der Waals surface area contributed by atoms with Gasteiger partial charge >= 0.3 is 0 Å². The van der Waals surface area contributed by atoms with Gasteiger partial charge in [0.1, 0.15) is 0 Å². The summed E-state index contributed by atoms with van der Waals surface area (Å²) in [6, 6.07) is 2.37. The van der Waals surface area contributed by atoms with Crippen LogP contribution in [0.3, 0.4) is 0 Å². The van der Waals surface area contributed by atoms with Crippen LogP contribution in [0.4, 0.5) is 0 Å². The topological polar surface area (TPSA) is 29.9 Å². The van der Waals surface area contributed by atoms with E-state index < -0.39 is 0 Å². The minimum atomic E-state index is 0.337. The van der Waals surface area contributed by atoms with Crippen molar-refractivity contribution >= 4 is 11.8 Å². The normalized spacial score (nSPS) is 12.3. The number of hydrogen-bond donors (Lipinski definition) is 1. The Morgan fingerprint density at radius 3 is 3.13 bits per heavy atom. The Balaban J connectivity index is 2.23. The Morgan fingerprint density at radius 1 is 1.73 bits per heavy atom. The summed E-state index contributed by atoms with van der Waals surface area (Å²) in [5, 5.41) is 7.57. The maximum Gasteiger partial charge on any atom is 0.0547 e. The summed E-state index contributed by atoms with van der Waals surface area (Å²) < 4.78 is 1.90. The number of terminal acetylenes is 1. The van der Waals surface area contributed by atoms with E-state index >= 15 is 0 Å². The predicted molar refractivity (Wildman–Crippen MR) is 65.8 cm³/mol. The lowest BCUT2D eigenvalue weighted by atomic mass is 10.2. The molecule has 1 aromatic rings. The molecule has 0 aliphatic heterocycles. The molecule has 0 amide bonds. The summed E-state index contributed by atoms with van der Waals surface area (Å²) >= 11 is 1.78. The minimum absolute atomic E-state index is 0.337. The molecule has 0 aliphatic rings. The van der Waals surface area contributed by atoms with Crippen molar-refractivity contribution in [2.45, 2.75) is 13.0 Å². The molecule has 0 saturated carbocycles. The lowest BCUT2D eigenvalue weighted by Crippen LogP contribution is -2.23. The van der Waals surface area contributed by atoms with E-state index in [-0.39, 0.29) is 0 Å². The van der Waals surface area contributed by atoms with Gasteiger partial charge < -0.3 is 5.32 Å². The molecule has 0 fully saturated rings. The monoisotopic (exact) mass is 223 g/mol. The van der Waals surface area contributed by atoms with Gasteiger partial charge in [0.05, 0.1) is 11.4 Å². The fourth-order valence-corrected chi connectivity index (χ4v) is 1.92. The van der Waals surface area contributed by atoms with Crippen LogP contribution in [0, 0.1) is 12.3 Å². The average molecular weight is 223 g/mol. The number of nitrogens with zero attached hydrogens (tertiary/aromatic N) is 2. The van der Waals surface area contributed by atoms with Crippen molar-refractivity contribution in [3.05, 3.63) is 18.0 Å². The summed E-state index contributed by atoms with van der Waals surface area (Å²) in [6.45, 7) is 3.11. The van der Waals surface area contributed by atoms with Crippen LogP contribution in [0.5, 0.6) is 0 Å². The molecule has 1 N–H and O–H groups in total. The van der Waals surface area contributed by atoms with Gasteiger partial charge in [-0.1, -0.05) is 5.92 Å².